The molecule has 0 saturated heterocycles. The number of anilines is 3. The average molecular weight is 1070 g/mol. The molecule has 3 aliphatic rings. The van der Waals surface area contributed by atoms with Crippen LogP contribution < -0.4 is 4.90 Å². The van der Waals surface area contributed by atoms with Gasteiger partial charge in [0.1, 0.15) is 0 Å². The van der Waals surface area contributed by atoms with Crippen LogP contribution in [0.1, 0.15) is 146 Å². The van der Waals surface area contributed by atoms with Gasteiger partial charge in [-0.1, -0.05) is 246 Å². The van der Waals surface area contributed by atoms with E-state index in [2.05, 4.69) is 284 Å². The van der Waals surface area contributed by atoms with Gasteiger partial charge in [0.2, 0.25) is 0 Å². The fourth-order valence-corrected chi connectivity index (χ4v) is 14.7. The molecule has 2 nitrogen and oxygen atoms in total. The molecule has 406 valence electrons. The highest BCUT2D eigenvalue weighted by molar-refractivity contribution is 6.11. The van der Waals surface area contributed by atoms with Crippen molar-refractivity contribution in [3.8, 4) is 61.3 Å². The summed E-state index contributed by atoms with van der Waals surface area (Å²) in [4.78, 5) is 2.43. The molecule has 2 heteroatoms. The van der Waals surface area contributed by atoms with Gasteiger partial charge in [-0.2, -0.15) is 0 Å². The molecule has 10 aromatic carbocycles. The molecule has 0 radical (unpaired) electrons. The zero-order valence-corrected chi connectivity index (χ0v) is 49.6. The minimum Gasteiger partial charge on any atom is -0.310 e. The lowest BCUT2D eigenvalue weighted by atomic mass is 9.74. The summed E-state index contributed by atoms with van der Waals surface area (Å²) in [5.41, 5.74) is 30.0. The van der Waals surface area contributed by atoms with E-state index in [1.54, 1.807) is 0 Å². The lowest BCUT2D eigenvalue weighted by molar-refractivity contribution is 0.479. The van der Waals surface area contributed by atoms with Crippen molar-refractivity contribution in [1.29, 1.82) is 0 Å². The van der Waals surface area contributed by atoms with E-state index in [0.29, 0.717) is 0 Å². The number of hydrogen-bond donors (Lipinski definition) is 0. The van der Waals surface area contributed by atoms with Gasteiger partial charge in [-0.05, 0) is 173 Å². The summed E-state index contributed by atoms with van der Waals surface area (Å²) in [5, 5.41) is 2.55. The van der Waals surface area contributed by atoms with Crippen molar-refractivity contribution in [2.45, 2.75) is 129 Å². The Kier molecular flexibility index (Phi) is 12.3. The van der Waals surface area contributed by atoms with Crippen LogP contribution in [0.5, 0.6) is 0 Å². The summed E-state index contributed by atoms with van der Waals surface area (Å²) in [6.45, 7) is 21.5. The van der Waals surface area contributed by atoms with E-state index < -0.39 is 0 Å². The Bertz CT molecular complexity index is 4290. The molecule has 14 rings (SSSR count). The Balaban J connectivity index is 0.850. The molecular weight excluding hydrogens is 989 g/mol. The van der Waals surface area contributed by atoms with Crippen LogP contribution in [0, 0.1) is 0 Å². The Morgan fingerprint density at radius 3 is 1.66 bits per heavy atom. The number of aromatic nitrogens is 1. The van der Waals surface area contributed by atoms with Crippen LogP contribution in [-0.2, 0) is 21.7 Å². The lowest BCUT2D eigenvalue weighted by Crippen LogP contribution is -2.22. The van der Waals surface area contributed by atoms with Gasteiger partial charge >= 0.3 is 0 Å². The smallest absolute Gasteiger partial charge is 0.0547 e. The molecule has 82 heavy (non-hydrogen) atoms. The van der Waals surface area contributed by atoms with Crippen molar-refractivity contribution in [1.82, 2.24) is 4.57 Å². The first kappa shape index (κ1) is 51.9. The maximum absolute atomic E-state index is 2.59. The molecular formula is C80H76N2. The fourth-order valence-electron chi connectivity index (χ4n) is 14.7. The Morgan fingerprint density at radius 1 is 0.378 bits per heavy atom. The van der Waals surface area contributed by atoms with Crippen LogP contribution in [0.2, 0.25) is 0 Å². The molecule has 0 aliphatic heterocycles. The lowest BCUT2D eigenvalue weighted by Gasteiger charge is -2.30. The van der Waals surface area contributed by atoms with Gasteiger partial charge in [0.25, 0.3) is 0 Å². The van der Waals surface area contributed by atoms with Crippen molar-refractivity contribution in [3.05, 3.63) is 251 Å². The first-order valence-corrected chi connectivity index (χ1v) is 30.5. The second kappa shape index (κ2) is 19.5. The summed E-state index contributed by atoms with van der Waals surface area (Å²) >= 11 is 0. The highest BCUT2D eigenvalue weighted by Crippen LogP contribution is 2.58. The standard InChI is InChI=1S/C80H76N2/c1-10-11-12-13-14-22-45-80(9)70-46-55(33-41-64(70)65-43-35-58(50-71(65)80)77(2,3)4)57-47-72-76(79(72,7)8)75(49-57)82-73-28-21-19-26-66(73)67-42-34-56(48-74(67)82)54-31-38-60(39-32-54)81(59-36-29-53(30-37-59)52-23-16-15-17-24-52)61-40-44-63-62-25-18-20-27-68(62)78(5,6)69(63)51-61/h15-21,23-44,46-51H,10-14,22,45H2,1-9H3. The fraction of sp³-hybridized carbons (Fsp3) is 0.250. The highest BCUT2D eigenvalue weighted by atomic mass is 15.1. The molecule has 0 saturated carbocycles. The maximum Gasteiger partial charge on any atom is 0.0547 e. The number of rotatable bonds is 14. The predicted octanol–water partition coefficient (Wildman–Crippen LogP) is 22.5. The minimum absolute atomic E-state index is 0.0341. The third-order valence-corrected chi connectivity index (χ3v) is 19.5. The van der Waals surface area contributed by atoms with E-state index in [9.17, 15) is 0 Å². The molecule has 3 aliphatic carbocycles. The molecule has 0 fully saturated rings. The molecule has 1 aromatic heterocycles. The SMILES string of the molecule is CCCCCCCCC1(C)c2cc(-c3cc(-n4c5ccccc5c5ccc(-c6ccc(N(c7ccc(-c8ccccc8)cc7)c7ccc8c(c7)C(C)(C)c7ccccc7-8)cc6)cc54)c4c(c3)C4(C)C)ccc2-c2ccc(C(C)(C)C)cc21. The van der Waals surface area contributed by atoms with E-state index >= 15 is 0 Å². The van der Waals surface area contributed by atoms with Gasteiger partial charge in [-0.15, -0.1) is 0 Å². The van der Waals surface area contributed by atoms with Crippen molar-refractivity contribution >= 4 is 38.9 Å². The van der Waals surface area contributed by atoms with Crippen LogP contribution in [0.3, 0.4) is 0 Å². The quantitative estimate of drug-likeness (QED) is 0.0986. The second-order valence-electron chi connectivity index (χ2n) is 26.4. The van der Waals surface area contributed by atoms with Gasteiger partial charge in [0.15, 0.2) is 0 Å². The van der Waals surface area contributed by atoms with Gasteiger partial charge in [-0.3, -0.25) is 0 Å². The number of fused-ring (bicyclic) bond motifs is 10. The molecule has 0 bridgehead atoms. The molecule has 0 spiro atoms. The molecule has 0 amide bonds. The monoisotopic (exact) mass is 1060 g/mol. The first-order valence-electron chi connectivity index (χ1n) is 30.5. The van der Waals surface area contributed by atoms with E-state index in [4.69, 9.17) is 0 Å². The first-order chi connectivity index (χ1) is 39.6. The van der Waals surface area contributed by atoms with Gasteiger partial charge in [0, 0.05) is 44.1 Å². The molecule has 1 heterocycles. The summed E-state index contributed by atoms with van der Waals surface area (Å²) in [6, 6.07) is 81.1. The third kappa shape index (κ3) is 8.42. The van der Waals surface area contributed by atoms with Crippen molar-refractivity contribution < 1.29 is 0 Å². The van der Waals surface area contributed by atoms with Crippen molar-refractivity contribution in [3.63, 3.8) is 0 Å². The third-order valence-electron chi connectivity index (χ3n) is 19.5. The number of para-hydroxylation sites is 1. The van der Waals surface area contributed by atoms with E-state index in [1.165, 1.54) is 161 Å². The van der Waals surface area contributed by atoms with Crippen LogP contribution >= 0.6 is 0 Å². The summed E-state index contributed by atoms with van der Waals surface area (Å²) in [6.07, 6.45) is 8.98. The van der Waals surface area contributed by atoms with Crippen molar-refractivity contribution in [2.24, 2.45) is 0 Å². The van der Waals surface area contributed by atoms with Gasteiger partial charge < -0.3 is 9.47 Å². The summed E-state index contributed by atoms with van der Waals surface area (Å²) < 4.78 is 2.59. The van der Waals surface area contributed by atoms with Crippen LogP contribution in [0.25, 0.3) is 83.1 Å². The largest absolute Gasteiger partial charge is 0.310 e. The van der Waals surface area contributed by atoms with Crippen LogP contribution in [0.15, 0.2) is 212 Å². The number of nitrogens with zero attached hydrogens (tertiary/aromatic N) is 2. The zero-order valence-electron chi connectivity index (χ0n) is 49.6. The van der Waals surface area contributed by atoms with E-state index in [1.807, 2.05) is 0 Å². The highest BCUT2D eigenvalue weighted by Gasteiger charge is 2.46. The maximum atomic E-state index is 2.59. The molecule has 1 unspecified atom stereocenters. The van der Waals surface area contributed by atoms with E-state index in [-0.39, 0.29) is 21.7 Å². The molecule has 0 N–H and O–H groups in total. The second-order valence-corrected chi connectivity index (χ2v) is 26.4. The number of benzene rings is 10. The molecule has 11 aromatic rings. The Hall–Kier alpha value is -8.20. The summed E-state index contributed by atoms with van der Waals surface area (Å²) in [7, 11) is 0. The average Bonchev–Trinajstić information content (AvgIpc) is 3.87. The Morgan fingerprint density at radius 2 is 0.915 bits per heavy atom. The zero-order chi connectivity index (χ0) is 56.3. The van der Waals surface area contributed by atoms with Crippen molar-refractivity contribution in [2.75, 3.05) is 4.90 Å². The minimum atomic E-state index is -0.116. The number of unbranched alkanes of at least 4 members (excludes halogenated alkanes) is 5. The number of hydrogen-bond acceptors (Lipinski definition) is 1. The normalized spacial score (nSPS) is 16.0. The summed E-state index contributed by atoms with van der Waals surface area (Å²) in [5.74, 6) is 0. The van der Waals surface area contributed by atoms with Gasteiger partial charge in [-0.25, -0.2) is 0 Å². The van der Waals surface area contributed by atoms with Crippen LogP contribution in [-0.4, -0.2) is 4.57 Å². The van der Waals surface area contributed by atoms with Gasteiger partial charge in [0.05, 0.1) is 16.7 Å². The van der Waals surface area contributed by atoms with E-state index in [0.717, 1.165) is 23.5 Å². The van der Waals surface area contributed by atoms with Crippen LogP contribution in [0.4, 0.5) is 17.1 Å². The molecule has 1 atom stereocenters. The topological polar surface area (TPSA) is 8.17 Å². The Labute approximate surface area is 487 Å². The predicted molar refractivity (Wildman–Crippen MR) is 350 cm³/mol.